The third-order valence-corrected chi connectivity index (χ3v) is 2.85. The molecule has 0 aliphatic rings. The number of nitrogens with two attached hydrogens (primary N) is 1. The second-order valence-corrected chi connectivity index (χ2v) is 4.34. The maximum absolute atomic E-state index is 12.5. The van der Waals surface area contributed by atoms with Crippen LogP contribution in [-0.4, -0.2) is 20.7 Å². The van der Waals surface area contributed by atoms with E-state index in [1.54, 1.807) is 6.92 Å². The number of benzene rings is 1. The molecule has 21 heavy (non-hydrogen) atoms. The van der Waals surface area contributed by atoms with Crippen molar-refractivity contribution in [3.8, 4) is 0 Å². The number of hydrogen-bond donors (Lipinski definition) is 2. The summed E-state index contributed by atoms with van der Waals surface area (Å²) in [5.41, 5.74) is 4.61. The fourth-order valence-electron chi connectivity index (χ4n) is 1.63. The van der Waals surface area contributed by atoms with Crippen molar-refractivity contribution in [3.63, 3.8) is 0 Å². The summed E-state index contributed by atoms with van der Waals surface area (Å²) in [4.78, 5) is 15.7. The third kappa shape index (κ3) is 3.30. The smallest absolute Gasteiger partial charge is 0.397 e. The summed E-state index contributed by atoms with van der Waals surface area (Å²) in [6.07, 6.45) is -1.85. The molecule has 9 heteroatoms. The SMILES string of the molecule is CC(C(=O)Nc1ccc(C(F)(F)F)cc1N)n1cncn1. The predicted molar refractivity (Wildman–Crippen MR) is 69.2 cm³/mol. The molecule has 112 valence electrons. The first-order valence-electron chi connectivity index (χ1n) is 5.90. The number of alkyl halides is 3. The number of carbonyl (C=O) groups excluding carboxylic acids is 1. The Labute approximate surface area is 117 Å². The van der Waals surface area contributed by atoms with E-state index in [0.29, 0.717) is 0 Å². The Morgan fingerprint density at radius 2 is 2.14 bits per heavy atom. The van der Waals surface area contributed by atoms with Crippen LogP contribution in [0.3, 0.4) is 0 Å². The molecular weight excluding hydrogens is 287 g/mol. The van der Waals surface area contributed by atoms with Crippen molar-refractivity contribution in [2.24, 2.45) is 0 Å². The highest BCUT2D eigenvalue weighted by atomic mass is 19.4. The summed E-state index contributed by atoms with van der Waals surface area (Å²) in [6.45, 7) is 1.57. The largest absolute Gasteiger partial charge is 0.416 e. The second kappa shape index (κ2) is 5.43. The average molecular weight is 299 g/mol. The maximum Gasteiger partial charge on any atom is 0.416 e. The van der Waals surface area contributed by atoms with Gasteiger partial charge in [0.25, 0.3) is 0 Å². The molecule has 6 nitrogen and oxygen atoms in total. The van der Waals surface area contributed by atoms with Crippen LogP contribution in [0.4, 0.5) is 24.5 Å². The first kappa shape index (κ1) is 14.8. The van der Waals surface area contributed by atoms with Gasteiger partial charge in [-0.2, -0.15) is 18.3 Å². The molecule has 0 saturated carbocycles. The number of carbonyl (C=O) groups is 1. The molecule has 0 fully saturated rings. The van der Waals surface area contributed by atoms with Crippen LogP contribution in [-0.2, 0) is 11.0 Å². The van der Waals surface area contributed by atoms with Crippen LogP contribution < -0.4 is 11.1 Å². The Morgan fingerprint density at radius 3 is 2.67 bits per heavy atom. The molecule has 0 bridgehead atoms. The molecule has 1 aromatic heterocycles. The van der Waals surface area contributed by atoms with Gasteiger partial charge in [-0.3, -0.25) is 4.79 Å². The second-order valence-electron chi connectivity index (χ2n) is 4.34. The molecule has 2 rings (SSSR count). The van der Waals surface area contributed by atoms with Gasteiger partial charge in [0.1, 0.15) is 18.7 Å². The van der Waals surface area contributed by atoms with Crippen molar-refractivity contribution >= 4 is 17.3 Å². The minimum absolute atomic E-state index is 0.111. The normalized spacial score (nSPS) is 13.0. The van der Waals surface area contributed by atoms with E-state index in [4.69, 9.17) is 5.73 Å². The molecule has 1 heterocycles. The molecule has 0 aliphatic heterocycles. The number of nitrogens with zero attached hydrogens (tertiary/aromatic N) is 3. The fourth-order valence-corrected chi connectivity index (χ4v) is 1.63. The minimum atomic E-state index is -4.48. The number of halogens is 3. The zero-order chi connectivity index (χ0) is 15.6. The number of rotatable bonds is 3. The predicted octanol–water partition coefficient (Wildman–Crippen LogP) is 2.08. The highest BCUT2D eigenvalue weighted by molar-refractivity contribution is 5.96. The van der Waals surface area contributed by atoms with Crippen molar-refractivity contribution in [2.45, 2.75) is 19.1 Å². The Hall–Kier alpha value is -2.58. The molecule has 1 atom stereocenters. The zero-order valence-corrected chi connectivity index (χ0v) is 10.9. The summed E-state index contributed by atoms with van der Waals surface area (Å²) in [5, 5.41) is 6.27. The van der Waals surface area contributed by atoms with Crippen LogP contribution in [0.15, 0.2) is 30.9 Å². The summed E-state index contributed by atoms with van der Waals surface area (Å²) >= 11 is 0. The van der Waals surface area contributed by atoms with Gasteiger partial charge in [0.2, 0.25) is 5.91 Å². The minimum Gasteiger partial charge on any atom is -0.397 e. The molecule has 0 radical (unpaired) electrons. The van der Waals surface area contributed by atoms with Gasteiger partial charge in [0, 0.05) is 0 Å². The maximum atomic E-state index is 12.5. The Bertz CT molecular complexity index is 639. The van der Waals surface area contributed by atoms with Crippen molar-refractivity contribution in [1.82, 2.24) is 14.8 Å². The Morgan fingerprint density at radius 1 is 1.43 bits per heavy atom. The van der Waals surface area contributed by atoms with E-state index in [2.05, 4.69) is 15.4 Å². The van der Waals surface area contributed by atoms with Crippen molar-refractivity contribution in [1.29, 1.82) is 0 Å². The van der Waals surface area contributed by atoms with Crippen LogP contribution in [0, 0.1) is 0 Å². The van der Waals surface area contributed by atoms with Crippen LogP contribution in [0.2, 0.25) is 0 Å². The lowest BCUT2D eigenvalue weighted by Gasteiger charge is -2.15. The number of anilines is 2. The van der Waals surface area contributed by atoms with E-state index in [1.807, 2.05) is 0 Å². The van der Waals surface area contributed by atoms with E-state index >= 15 is 0 Å². The molecule has 0 aliphatic carbocycles. The molecule has 3 N–H and O–H groups in total. The van der Waals surface area contributed by atoms with Crippen LogP contribution in [0.25, 0.3) is 0 Å². The van der Waals surface area contributed by atoms with E-state index in [-0.39, 0.29) is 11.4 Å². The quantitative estimate of drug-likeness (QED) is 0.850. The van der Waals surface area contributed by atoms with Crippen molar-refractivity contribution in [2.75, 3.05) is 11.1 Å². The van der Waals surface area contributed by atoms with Crippen LogP contribution >= 0.6 is 0 Å². The number of nitrogens with one attached hydrogen (secondary N) is 1. The van der Waals surface area contributed by atoms with E-state index in [0.717, 1.165) is 18.2 Å². The number of hydrogen-bond acceptors (Lipinski definition) is 4. The van der Waals surface area contributed by atoms with E-state index in [9.17, 15) is 18.0 Å². The summed E-state index contributed by atoms with van der Waals surface area (Å²) < 4.78 is 38.9. The van der Waals surface area contributed by atoms with Gasteiger partial charge in [0.05, 0.1) is 16.9 Å². The van der Waals surface area contributed by atoms with Gasteiger partial charge in [0.15, 0.2) is 0 Å². The average Bonchev–Trinajstić information content (AvgIpc) is 2.92. The Balaban J connectivity index is 2.15. The standard InChI is InChI=1S/C12H12F3N5O/c1-7(20-6-17-5-18-20)11(21)19-10-3-2-8(4-9(10)16)12(13,14)15/h2-7H,16H2,1H3,(H,19,21). The van der Waals surface area contributed by atoms with Gasteiger partial charge in [-0.1, -0.05) is 0 Å². The highest BCUT2D eigenvalue weighted by Crippen LogP contribution is 2.32. The lowest BCUT2D eigenvalue weighted by Crippen LogP contribution is -2.24. The highest BCUT2D eigenvalue weighted by Gasteiger charge is 2.31. The molecule has 1 aromatic carbocycles. The molecule has 1 amide bonds. The molecule has 0 saturated heterocycles. The topological polar surface area (TPSA) is 85.8 Å². The molecule has 2 aromatic rings. The van der Waals surface area contributed by atoms with E-state index < -0.39 is 23.7 Å². The summed E-state index contributed by atoms with van der Waals surface area (Å²) in [5.74, 6) is -0.466. The summed E-state index contributed by atoms with van der Waals surface area (Å²) in [6, 6.07) is 2.07. The lowest BCUT2D eigenvalue weighted by molar-refractivity contribution is -0.137. The zero-order valence-electron chi connectivity index (χ0n) is 10.9. The molecule has 1 unspecified atom stereocenters. The Kier molecular flexibility index (Phi) is 3.83. The number of amides is 1. The van der Waals surface area contributed by atoms with Gasteiger partial charge in [-0.05, 0) is 25.1 Å². The van der Waals surface area contributed by atoms with E-state index in [1.165, 1.54) is 17.3 Å². The van der Waals surface area contributed by atoms with Gasteiger partial charge in [-0.15, -0.1) is 0 Å². The lowest BCUT2D eigenvalue weighted by atomic mass is 10.1. The number of aromatic nitrogens is 3. The number of nitrogen functional groups attached to an aromatic ring is 1. The van der Waals surface area contributed by atoms with Crippen LogP contribution in [0.1, 0.15) is 18.5 Å². The molecular formula is C12H12F3N5O. The van der Waals surface area contributed by atoms with Gasteiger partial charge in [-0.25, -0.2) is 9.67 Å². The third-order valence-electron chi connectivity index (χ3n) is 2.85. The van der Waals surface area contributed by atoms with Crippen molar-refractivity contribution < 1.29 is 18.0 Å². The summed E-state index contributed by atoms with van der Waals surface area (Å²) in [7, 11) is 0. The van der Waals surface area contributed by atoms with Gasteiger partial charge >= 0.3 is 6.18 Å². The van der Waals surface area contributed by atoms with Gasteiger partial charge < -0.3 is 11.1 Å². The van der Waals surface area contributed by atoms with Crippen molar-refractivity contribution in [3.05, 3.63) is 36.4 Å². The molecule has 0 spiro atoms. The fraction of sp³-hybridized carbons (Fsp3) is 0.250. The monoisotopic (exact) mass is 299 g/mol. The first-order valence-corrected chi connectivity index (χ1v) is 5.90. The first-order chi connectivity index (χ1) is 9.79. The van der Waals surface area contributed by atoms with Crippen LogP contribution in [0.5, 0.6) is 0 Å².